The highest BCUT2D eigenvalue weighted by atomic mass is 32.2. The summed E-state index contributed by atoms with van der Waals surface area (Å²) in [7, 11) is -2.50. The van der Waals surface area contributed by atoms with E-state index in [1.165, 1.54) is 49.6 Å². The Morgan fingerprint density at radius 3 is 2.36 bits per heavy atom. The van der Waals surface area contributed by atoms with Gasteiger partial charge in [0.05, 0.1) is 11.4 Å². The second kappa shape index (κ2) is 7.72. The van der Waals surface area contributed by atoms with Crippen LogP contribution in [0.2, 0.25) is 0 Å². The molecule has 1 aromatic carbocycles. The van der Waals surface area contributed by atoms with Crippen molar-refractivity contribution in [3.63, 3.8) is 0 Å². The van der Waals surface area contributed by atoms with Crippen molar-refractivity contribution in [1.82, 2.24) is 9.29 Å². The maximum Gasteiger partial charge on any atom is 0.243 e. The summed E-state index contributed by atoms with van der Waals surface area (Å²) in [6, 6.07) is 5.72. The number of carbonyl (C=O) groups is 2. The van der Waals surface area contributed by atoms with Gasteiger partial charge >= 0.3 is 0 Å². The molecule has 0 aliphatic heterocycles. The van der Waals surface area contributed by atoms with Crippen LogP contribution in [0.4, 0.5) is 10.8 Å². The minimum absolute atomic E-state index is 0.0296. The van der Waals surface area contributed by atoms with Crippen molar-refractivity contribution in [3.8, 4) is 0 Å². The maximum absolute atomic E-state index is 12.5. The van der Waals surface area contributed by atoms with Crippen LogP contribution in [-0.2, 0) is 19.6 Å². The monoisotopic (exact) mass is 382 g/mol. The first-order chi connectivity index (χ1) is 11.7. The third-order valence-corrected chi connectivity index (χ3v) is 5.76. The van der Waals surface area contributed by atoms with Crippen LogP contribution in [0, 0.1) is 6.92 Å². The first-order valence-corrected chi connectivity index (χ1v) is 9.50. The summed E-state index contributed by atoms with van der Waals surface area (Å²) in [6.07, 6.45) is 1.62. The lowest BCUT2D eigenvalue weighted by Gasteiger charge is -2.16. The number of hydrogen-bond acceptors (Lipinski definition) is 6. The van der Waals surface area contributed by atoms with Gasteiger partial charge in [0.25, 0.3) is 0 Å². The molecule has 0 unspecified atom stereocenters. The molecule has 1 heterocycles. The standard InChI is InChI=1S/C15H18N4O4S2/c1-10-8-16-15(24-10)18-14(21)9-19(3)25(22,23)13-6-4-12(5-7-13)17-11(2)20/h4-8H,9H2,1-3H3,(H,17,20)(H,16,18,21). The molecule has 2 aromatic rings. The number of carbonyl (C=O) groups excluding carboxylic acids is 2. The highest BCUT2D eigenvalue weighted by Gasteiger charge is 2.23. The number of sulfonamides is 1. The van der Waals surface area contributed by atoms with E-state index in [1.54, 1.807) is 6.20 Å². The van der Waals surface area contributed by atoms with Gasteiger partial charge in [-0.25, -0.2) is 13.4 Å². The van der Waals surface area contributed by atoms with E-state index in [0.717, 1.165) is 9.18 Å². The smallest absolute Gasteiger partial charge is 0.243 e. The molecule has 25 heavy (non-hydrogen) atoms. The van der Waals surface area contributed by atoms with Crippen molar-refractivity contribution in [3.05, 3.63) is 35.3 Å². The fourth-order valence-electron chi connectivity index (χ4n) is 1.95. The van der Waals surface area contributed by atoms with Crippen molar-refractivity contribution >= 4 is 44.0 Å². The van der Waals surface area contributed by atoms with Crippen molar-refractivity contribution in [2.24, 2.45) is 0 Å². The lowest BCUT2D eigenvalue weighted by atomic mass is 10.3. The number of aryl methyl sites for hydroxylation is 1. The zero-order chi connectivity index (χ0) is 18.6. The lowest BCUT2D eigenvalue weighted by molar-refractivity contribution is -0.116. The molecule has 0 spiro atoms. The van der Waals surface area contributed by atoms with Crippen molar-refractivity contribution in [1.29, 1.82) is 0 Å². The Morgan fingerprint density at radius 2 is 1.84 bits per heavy atom. The molecule has 0 saturated carbocycles. The van der Waals surface area contributed by atoms with E-state index in [2.05, 4.69) is 15.6 Å². The van der Waals surface area contributed by atoms with Gasteiger partial charge in [-0.1, -0.05) is 0 Å². The van der Waals surface area contributed by atoms with E-state index >= 15 is 0 Å². The van der Waals surface area contributed by atoms with Crippen LogP contribution in [0.5, 0.6) is 0 Å². The summed E-state index contributed by atoms with van der Waals surface area (Å²) in [5.74, 6) is -0.725. The van der Waals surface area contributed by atoms with Gasteiger partial charge in [-0.15, -0.1) is 11.3 Å². The third kappa shape index (κ3) is 5.08. The fraction of sp³-hybridized carbons (Fsp3) is 0.267. The van der Waals surface area contributed by atoms with Crippen molar-refractivity contribution in [2.45, 2.75) is 18.7 Å². The maximum atomic E-state index is 12.5. The van der Waals surface area contributed by atoms with E-state index in [-0.39, 0.29) is 17.3 Å². The number of likely N-dealkylation sites (N-methyl/N-ethyl adjacent to an activating group) is 1. The quantitative estimate of drug-likeness (QED) is 0.790. The Labute approximate surface area is 149 Å². The summed E-state index contributed by atoms with van der Waals surface area (Å²) in [5.41, 5.74) is 0.492. The molecular formula is C15H18N4O4S2. The van der Waals surface area contributed by atoms with Gasteiger partial charge in [0.2, 0.25) is 21.8 Å². The minimum Gasteiger partial charge on any atom is -0.326 e. The number of amides is 2. The van der Waals surface area contributed by atoms with E-state index < -0.39 is 15.9 Å². The summed E-state index contributed by atoms with van der Waals surface area (Å²) in [6.45, 7) is 2.88. The van der Waals surface area contributed by atoms with E-state index in [1.807, 2.05) is 6.92 Å². The van der Waals surface area contributed by atoms with Gasteiger partial charge in [0.1, 0.15) is 0 Å². The second-order valence-corrected chi connectivity index (χ2v) is 8.57. The Kier molecular flexibility index (Phi) is 5.88. The molecule has 8 nitrogen and oxygen atoms in total. The molecule has 134 valence electrons. The molecule has 2 N–H and O–H groups in total. The summed E-state index contributed by atoms with van der Waals surface area (Å²) in [5, 5.41) is 5.54. The van der Waals surface area contributed by atoms with Crippen LogP contribution in [-0.4, -0.2) is 43.1 Å². The SMILES string of the molecule is CC(=O)Nc1ccc(S(=O)(=O)N(C)CC(=O)Nc2ncc(C)s2)cc1. The van der Waals surface area contributed by atoms with Crippen LogP contribution in [0.25, 0.3) is 0 Å². The second-order valence-electron chi connectivity index (χ2n) is 5.29. The first-order valence-electron chi connectivity index (χ1n) is 7.25. The van der Waals surface area contributed by atoms with E-state index in [9.17, 15) is 18.0 Å². The predicted molar refractivity (Wildman–Crippen MR) is 96.0 cm³/mol. The van der Waals surface area contributed by atoms with Crippen LogP contribution >= 0.6 is 11.3 Å². The number of benzene rings is 1. The largest absolute Gasteiger partial charge is 0.326 e. The highest BCUT2D eigenvalue weighted by Crippen LogP contribution is 2.19. The van der Waals surface area contributed by atoms with Crippen molar-refractivity contribution in [2.75, 3.05) is 24.2 Å². The molecule has 1 aromatic heterocycles. The van der Waals surface area contributed by atoms with Gasteiger partial charge in [-0.2, -0.15) is 4.31 Å². The highest BCUT2D eigenvalue weighted by molar-refractivity contribution is 7.89. The normalized spacial score (nSPS) is 11.4. The molecule has 0 fully saturated rings. The fourth-order valence-corrected chi connectivity index (χ4v) is 3.76. The van der Waals surface area contributed by atoms with Gasteiger partial charge in [0, 0.05) is 30.7 Å². The molecule has 0 aliphatic rings. The Morgan fingerprint density at radius 1 is 1.20 bits per heavy atom. The predicted octanol–water partition coefficient (Wildman–Crippen LogP) is 1.67. The molecular weight excluding hydrogens is 364 g/mol. The lowest BCUT2D eigenvalue weighted by Crippen LogP contribution is -2.34. The van der Waals surface area contributed by atoms with Crippen LogP contribution in [0.3, 0.4) is 0 Å². The number of aromatic nitrogens is 1. The zero-order valence-electron chi connectivity index (χ0n) is 13.9. The number of nitrogens with zero attached hydrogens (tertiary/aromatic N) is 2. The summed E-state index contributed by atoms with van der Waals surface area (Å²) < 4.78 is 26.0. The average Bonchev–Trinajstić information content (AvgIpc) is 2.92. The number of hydrogen-bond donors (Lipinski definition) is 2. The van der Waals surface area contributed by atoms with Crippen molar-refractivity contribution < 1.29 is 18.0 Å². The molecule has 0 bridgehead atoms. The molecule has 0 aliphatic carbocycles. The Balaban J connectivity index is 2.04. The molecule has 0 saturated heterocycles. The van der Waals surface area contributed by atoms with Gasteiger partial charge in [0.15, 0.2) is 5.13 Å². The number of nitrogens with one attached hydrogen (secondary N) is 2. The van der Waals surface area contributed by atoms with Crippen LogP contribution < -0.4 is 10.6 Å². The summed E-state index contributed by atoms with van der Waals surface area (Å²) >= 11 is 1.31. The number of thiazole rings is 1. The van der Waals surface area contributed by atoms with E-state index in [4.69, 9.17) is 0 Å². The third-order valence-electron chi connectivity index (χ3n) is 3.12. The van der Waals surface area contributed by atoms with Gasteiger partial charge in [-0.3, -0.25) is 9.59 Å². The Hall–Kier alpha value is -2.30. The topological polar surface area (TPSA) is 108 Å². The summed E-state index contributed by atoms with van der Waals surface area (Å²) in [4.78, 5) is 27.9. The minimum atomic E-state index is -3.82. The van der Waals surface area contributed by atoms with Crippen LogP contribution in [0.15, 0.2) is 35.4 Å². The molecule has 2 amide bonds. The molecule has 0 radical (unpaired) electrons. The van der Waals surface area contributed by atoms with Gasteiger partial charge in [-0.05, 0) is 31.2 Å². The molecule has 10 heteroatoms. The molecule has 2 rings (SSSR count). The molecule has 0 atom stereocenters. The average molecular weight is 382 g/mol. The van der Waals surface area contributed by atoms with Crippen LogP contribution in [0.1, 0.15) is 11.8 Å². The Bertz CT molecular complexity index is 875. The first kappa shape index (κ1) is 19.0. The van der Waals surface area contributed by atoms with E-state index in [0.29, 0.717) is 10.8 Å². The number of rotatable bonds is 6. The number of anilines is 2. The zero-order valence-corrected chi connectivity index (χ0v) is 15.6. The van der Waals surface area contributed by atoms with Gasteiger partial charge < -0.3 is 10.6 Å².